The topological polar surface area (TPSA) is 15.3 Å². The van der Waals surface area contributed by atoms with Gasteiger partial charge in [0.15, 0.2) is 0 Å². The Balaban J connectivity index is 1.69. The van der Waals surface area contributed by atoms with E-state index in [-0.39, 0.29) is 0 Å². The maximum atomic E-state index is 3.71. The number of hydrogen-bond donors (Lipinski definition) is 1. The molecule has 3 rings (SSSR count). The molecule has 1 unspecified atom stereocenters. The van der Waals surface area contributed by atoms with Crippen LogP contribution >= 0.6 is 0 Å². The second kappa shape index (κ2) is 5.85. The van der Waals surface area contributed by atoms with Gasteiger partial charge in [-0.2, -0.15) is 0 Å². The number of piperidine rings is 1. The molecule has 1 aliphatic carbocycles. The molecule has 0 bridgehead atoms. The first kappa shape index (κ1) is 12.2. The first-order valence-corrected chi connectivity index (χ1v) is 7.46. The highest BCUT2D eigenvalue weighted by Gasteiger charge is 2.26. The van der Waals surface area contributed by atoms with Gasteiger partial charge in [-0.1, -0.05) is 36.8 Å². The summed E-state index contributed by atoms with van der Waals surface area (Å²) in [5.41, 5.74) is 1.48. The Morgan fingerprint density at radius 1 is 1.06 bits per heavy atom. The lowest BCUT2D eigenvalue weighted by atomic mass is 10.0. The standard InChI is InChI=1S/C16H24N2/c1-3-7-14(8-4-1)16(13-17-15-9-10-15)18-11-5-2-6-12-18/h1,3-4,7-8,15-17H,2,5-6,9-13H2. The summed E-state index contributed by atoms with van der Waals surface area (Å²) in [6.07, 6.45) is 6.90. The van der Waals surface area contributed by atoms with Crippen molar-refractivity contribution in [3.8, 4) is 0 Å². The van der Waals surface area contributed by atoms with Crippen molar-refractivity contribution in [1.29, 1.82) is 0 Å². The Morgan fingerprint density at radius 3 is 2.44 bits per heavy atom. The van der Waals surface area contributed by atoms with Crippen LogP contribution in [0.25, 0.3) is 0 Å². The minimum Gasteiger partial charge on any atom is -0.312 e. The fourth-order valence-corrected chi connectivity index (χ4v) is 2.93. The smallest absolute Gasteiger partial charge is 0.0472 e. The molecule has 2 fully saturated rings. The molecule has 1 aromatic rings. The molecule has 0 aromatic heterocycles. The average molecular weight is 244 g/mol. The Hall–Kier alpha value is -0.860. The van der Waals surface area contributed by atoms with Crippen molar-refractivity contribution in [2.45, 2.75) is 44.2 Å². The minimum absolute atomic E-state index is 0.576. The molecule has 0 amide bonds. The molecule has 1 heterocycles. The van der Waals surface area contributed by atoms with E-state index in [4.69, 9.17) is 0 Å². The zero-order valence-corrected chi connectivity index (χ0v) is 11.1. The van der Waals surface area contributed by atoms with Gasteiger partial charge in [-0.15, -0.1) is 0 Å². The lowest BCUT2D eigenvalue weighted by Gasteiger charge is -2.35. The van der Waals surface area contributed by atoms with Gasteiger partial charge in [0, 0.05) is 18.6 Å². The molecule has 1 aromatic carbocycles. The van der Waals surface area contributed by atoms with Crippen molar-refractivity contribution in [1.82, 2.24) is 10.2 Å². The van der Waals surface area contributed by atoms with Crippen LogP contribution in [0.15, 0.2) is 30.3 Å². The van der Waals surface area contributed by atoms with E-state index in [1.807, 2.05) is 0 Å². The Kier molecular flexibility index (Phi) is 3.96. The first-order valence-electron chi connectivity index (χ1n) is 7.46. The number of nitrogens with zero attached hydrogens (tertiary/aromatic N) is 1. The molecular formula is C16H24N2. The third kappa shape index (κ3) is 3.12. The summed E-state index contributed by atoms with van der Waals surface area (Å²) in [5.74, 6) is 0. The summed E-state index contributed by atoms with van der Waals surface area (Å²) < 4.78 is 0. The van der Waals surface area contributed by atoms with Gasteiger partial charge in [0.2, 0.25) is 0 Å². The van der Waals surface area contributed by atoms with E-state index in [2.05, 4.69) is 40.5 Å². The van der Waals surface area contributed by atoms with Crippen LogP contribution in [-0.2, 0) is 0 Å². The van der Waals surface area contributed by atoms with Gasteiger partial charge in [0.25, 0.3) is 0 Å². The fraction of sp³-hybridized carbons (Fsp3) is 0.625. The largest absolute Gasteiger partial charge is 0.312 e. The first-order chi connectivity index (χ1) is 8.93. The molecule has 1 saturated carbocycles. The summed E-state index contributed by atoms with van der Waals surface area (Å²) in [4.78, 5) is 2.67. The quantitative estimate of drug-likeness (QED) is 0.856. The van der Waals surface area contributed by atoms with E-state index in [0.29, 0.717) is 6.04 Å². The Bertz CT molecular complexity index is 353. The molecular weight excluding hydrogens is 220 g/mol. The number of rotatable bonds is 5. The van der Waals surface area contributed by atoms with Gasteiger partial charge in [-0.25, -0.2) is 0 Å². The molecule has 2 heteroatoms. The summed E-state index contributed by atoms with van der Waals surface area (Å²) in [6.45, 7) is 3.66. The van der Waals surface area contributed by atoms with Crippen LogP contribution in [0, 0.1) is 0 Å². The highest BCUT2D eigenvalue weighted by atomic mass is 15.2. The van der Waals surface area contributed by atoms with Crippen molar-refractivity contribution in [2.75, 3.05) is 19.6 Å². The Morgan fingerprint density at radius 2 is 1.78 bits per heavy atom. The zero-order valence-electron chi connectivity index (χ0n) is 11.1. The van der Waals surface area contributed by atoms with Crippen LogP contribution in [0.4, 0.5) is 0 Å². The van der Waals surface area contributed by atoms with Crippen LogP contribution < -0.4 is 5.32 Å². The van der Waals surface area contributed by atoms with E-state index >= 15 is 0 Å². The lowest BCUT2D eigenvalue weighted by molar-refractivity contribution is 0.160. The van der Waals surface area contributed by atoms with Gasteiger partial charge in [-0.05, 0) is 44.3 Å². The molecule has 0 radical (unpaired) electrons. The van der Waals surface area contributed by atoms with Gasteiger partial charge in [0.1, 0.15) is 0 Å². The third-order valence-corrected chi connectivity index (χ3v) is 4.19. The predicted octanol–water partition coefficient (Wildman–Crippen LogP) is 2.97. The minimum atomic E-state index is 0.576. The normalized spacial score (nSPS) is 22.9. The molecule has 1 atom stereocenters. The van der Waals surface area contributed by atoms with Crippen LogP contribution in [0.3, 0.4) is 0 Å². The summed E-state index contributed by atoms with van der Waals surface area (Å²) in [6, 6.07) is 12.4. The average Bonchev–Trinajstić information content (AvgIpc) is 3.26. The summed E-state index contributed by atoms with van der Waals surface area (Å²) >= 11 is 0. The van der Waals surface area contributed by atoms with Gasteiger partial charge in [0.05, 0.1) is 0 Å². The van der Waals surface area contributed by atoms with E-state index < -0.39 is 0 Å². The molecule has 98 valence electrons. The Labute approximate surface area is 110 Å². The highest BCUT2D eigenvalue weighted by molar-refractivity contribution is 5.19. The predicted molar refractivity (Wildman–Crippen MR) is 75.6 cm³/mol. The van der Waals surface area contributed by atoms with Crippen LogP contribution in [-0.4, -0.2) is 30.6 Å². The van der Waals surface area contributed by atoms with E-state index in [1.165, 1.54) is 50.8 Å². The van der Waals surface area contributed by atoms with Crippen LogP contribution in [0.5, 0.6) is 0 Å². The van der Waals surface area contributed by atoms with Gasteiger partial charge < -0.3 is 5.32 Å². The molecule has 0 spiro atoms. The van der Waals surface area contributed by atoms with Gasteiger partial charge in [-0.3, -0.25) is 4.90 Å². The maximum absolute atomic E-state index is 3.71. The fourth-order valence-electron chi connectivity index (χ4n) is 2.93. The third-order valence-electron chi connectivity index (χ3n) is 4.19. The van der Waals surface area contributed by atoms with Crippen LogP contribution in [0.2, 0.25) is 0 Å². The number of nitrogens with one attached hydrogen (secondary N) is 1. The maximum Gasteiger partial charge on any atom is 0.0472 e. The van der Waals surface area contributed by atoms with Crippen LogP contribution in [0.1, 0.15) is 43.7 Å². The molecule has 2 nitrogen and oxygen atoms in total. The number of likely N-dealkylation sites (tertiary alicyclic amines) is 1. The van der Waals surface area contributed by atoms with E-state index in [0.717, 1.165) is 12.6 Å². The molecule has 1 N–H and O–H groups in total. The molecule has 18 heavy (non-hydrogen) atoms. The van der Waals surface area contributed by atoms with Crippen molar-refractivity contribution < 1.29 is 0 Å². The van der Waals surface area contributed by atoms with Gasteiger partial charge >= 0.3 is 0 Å². The van der Waals surface area contributed by atoms with Crippen molar-refractivity contribution in [3.63, 3.8) is 0 Å². The van der Waals surface area contributed by atoms with Crippen molar-refractivity contribution in [2.24, 2.45) is 0 Å². The second-order valence-corrected chi connectivity index (χ2v) is 5.71. The highest BCUT2D eigenvalue weighted by Crippen LogP contribution is 2.26. The SMILES string of the molecule is c1ccc(C(CNC2CC2)N2CCCCC2)cc1. The number of hydrogen-bond acceptors (Lipinski definition) is 2. The van der Waals surface area contributed by atoms with Crippen molar-refractivity contribution >= 4 is 0 Å². The molecule has 1 aliphatic heterocycles. The zero-order chi connectivity index (χ0) is 12.2. The number of benzene rings is 1. The van der Waals surface area contributed by atoms with E-state index in [1.54, 1.807) is 0 Å². The lowest BCUT2D eigenvalue weighted by Crippen LogP contribution is -2.39. The monoisotopic (exact) mass is 244 g/mol. The van der Waals surface area contributed by atoms with E-state index in [9.17, 15) is 0 Å². The molecule has 2 aliphatic rings. The summed E-state index contributed by atoms with van der Waals surface area (Å²) in [5, 5.41) is 3.71. The summed E-state index contributed by atoms with van der Waals surface area (Å²) in [7, 11) is 0. The van der Waals surface area contributed by atoms with Crippen molar-refractivity contribution in [3.05, 3.63) is 35.9 Å². The molecule has 1 saturated heterocycles. The second-order valence-electron chi connectivity index (χ2n) is 5.71.